The van der Waals surface area contributed by atoms with Crippen LogP contribution in [0, 0.1) is 5.92 Å². The Labute approximate surface area is 82.7 Å². The zero-order valence-corrected chi connectivity index (χ0v) is 8.94. The monoisotopic (exact) mass is 232 g/mol. The second-order valence-corrected chi connectivity index (χ2v) is 4.55. The van der Waals surface area contributed by atoms with E-state index in [2.05, 4.69) is 27.8 Å². The summed E-state index contributed by atoms with van der Waals surface area (Å²) in [7, 11) is 0. The Kier molecular flexibility index (Phi) is 4.26. The lowest BCUT2D eigenvalue weighted by molar-refractivity contribution is 0.422. The molecule has 0 spiro atoms. The summed E-state index contributed by atoms with van der Waals surface area (Å²) in [6.45, 7) is 5.46. The van der Waals surface area contributed by atoms with Gasteiger partial charge in [-0.2, -0.15) is 0 Å². The van der Waals surface area contributed by atoms with Crippen LogP contribution >= 0.6 is 15.9 Å². The van der Waals surface area contributed by atoms with Crippen molar-refractivity contribution >= 4 is 15.9 Å². The number of nitrogens with two attached hydrogens (primary N) is 1. The number of hydrogen-bond donors (Lipinski definition) is 2. The van der Waals surface area contributed by atoms with Crippen LogP contribution in [0.2, 0.25) is 0 Å². The van der Waals surface area contributed by atoms with Gasteiger partial charge in [-0.05, 0) is 25.3 Å². The van der Waals surface area contributed by atoms with E-state index in [1.165, 1.54) is 19.3 Å². The average Bonchev–Trinajstić information content (AvgIpc) is 2.47. The van der Waals surface area contributed by atoms with Crippen molar-refractivity contribution in [1.82, 2.24) is 5.32 Å². The highest BCUT2D eigenvalue weighted by molar-refractivity contribution is 9.11. The lowest BCUT2D eigenvalue weighted by Crippen LogP contribution is -2.36. The fraction of sp³-hybridized carbons (Fsp3) is 0.778. The molecule has 3 heteroatoms. The van der Waals surface area contributed by atoms with Crippen LogP contribution < -0.4 is 11.1 Å². The van der Waals surface area contributed by atoms with Crippen molar-refractivity contribution in [3.05, 3.63) is 11.1 Å². The first-order valence-corrected chi connectivity index (χ1v) is 5.30. The first-order chi connectivity index (χ1) is 5.74. The van der Waals surface area contributed by atoms with Crippen LogP contribution in [-0.4, -0.2) is 19.1 Å². The molecule has 0 radical (unpaired) electrons. The zero-order valence-electron chi connectivity index (χ0n) is 7.35. The quantitative estimate of drug-likeness (QED) is 0.774. The molecule has 0 aliphatic heterocycles. The molecule has 0 bridgehead atoms. The SMILES string of the molecule is C=C(Br)CNC1CCCC1CN. The van der Waals surface area contributed by atoms with Crippen molar-refractivity contribution in [3.8, 4) is 0 Å². The molecule has 1 aliphatic rings. The van der Waals surface area contributed by atoms with E-state index >= 15 is 0 Å². The third-order valence-electron chi connectivity index (χ3n) is 2.52. The normalized spacial score (nSPS) is 29.2. The summed E-state index contributed by atoms with van der Waals surface area (Å²) >= 11 is 3.34. The molecule has 0 saturated heterocycles. The molecule has 2 nitrogen and oxygen atoms in total. The molecule has 1 aliphatic carbocycles. The van der Waals surface area contributed by atoms with Crippen molar-refractivity contribution < 1.29 is 0 Å². The summed E-state index contributed by atoms with van der Waals surface area (Å²) < 4.78 is 1.02. The Morgan fingerprint density at radius 1 is 1.58 bits per heavy atom. The predicted molar refractivity (Wildman–Crippen MR) is 56.3 cm³/mol. The van der Waals surface area contributed by atoms with Crippen molar-refractivity contribution in [2.45, 2.75) is 25.3 Å². The van der Waals surface area contributed by atoms with Gasteiger partial charge in [-0.15, -0.1) is 0 Å². The summed E-state index contributed by atoms with van der Waals surface area (Å²) in [5.41, 5.74) is 5.66. The second kappa shape index (κ2) is 5.00. The van der Waals surface area contributed by atoms with Crippen LogP contribution in [0.1, 0.15) is 19.3 Å². The van der Waals surface area contributed by atoms with Crippen LogP contribution in [0.3, 0.4) is 0 Å². The fourth-order valence-electron chi connectivity index (χ4n) is 1.83. The van der Waals surface area contributed by atoms with Crippen molar-refractivity contribution in [1.29, 1.82) is 0 Å². The molecular formula is C9H17BrN2. The first-order valence-electron chi connectivity index (χ1n) is 4.50. The van der Waals surface area contributed by atoms with Crippen LogP contribution in [0.5, 0.6) is 0 Å². The Bertz CT molecular complexity index is 159. The van der Waals surface area contributed by atoms with Gasteiger partial charge in [0.05, 0.1) is 0 Å². The van der Waals surface area contributed by atoms with Gasteiger partial charge in [0.2, 0.25) is 0 Å². The maximum absolute atomic E-state index is 5.66. The Balaban J connectivity index is 2.26. The smallest absolute Gasteiger partial charge is 0.0268 e. The van der Waals surface area contributed by atoms with Crippen LogP contribution in [-0.2, 0) is 0 Å². The van der Waals surface area contributed by atoms with Crippen LogP contribution in [0.15, 0.2) is 11.1 Å². The van der Waals surface area contributed by atoms with Gasteiger partial charge in [-0.3, -0.25) is 0 Å². The van der Waals surface area contributed by atoms with Crippen LogP contribution in [0.25, 0.3) is 0 Å². The highest BCUT2D eigenvalue weighted by Crippen LogP contribution is 2.24. The van der Waals surface area contributed by atoms with Gasteiger partial charge >= 0.3 is 0 Å². The van der Waals surface area contributed by atoms with E-state index in [9.17, 15) is 0 Å². The highest BCUT2D eigenvalue weighted by Gasteiger charge is 2.24. The topological polar surface area (TPSA) is 38.0 Å². The molecule has 0 amide bonds. The molecule has 70 valence electrons. The van der Waals surface area contributed by atoms with Crippen LogP contribution in [0.4, 0.5) is 0 Å². The summed E-state index contributed by atoms with van der Waals surface area (Å²) in [4.78, 5) is 0. The molecule has 1 fully saturated rings. The summed E-state index contributed by atoms with van der Waals surface area (Å²) in [5, 5.41) is 3.46. The van der Waals surface area contributed by atoms with Gasteiger partial charge in [0.1, 0.15) is 0 Å². The van der Waals surface area contributed by atoms with Crippen molar-refractivity contribution in [2.24, 2.45) is 11.7 Å². The molecule has 0 heterocycles. The van der Waals surface area contributed by atoms with E-state index in [1.807, 2.05) is 0 Å². The van der Waals surface area contributed by atoms with E-state index in [0.29, 0.717) is 12.0 Å². The molecule has 2 unspecified atom stereocenters. The number of rotatable bonds is 4. The standard InChI is InChI=1S/C9H17BrN2/c1-7(10)6-12-9-4-2-3-8(9)5-11/h8-9,12H,1-6,11H2. The molecule has 0 aromatic rings. The minimum atomic E-state index is 0.615. The lowest BCUT2D eigenvalue weighted by atomic mass is 10.0. The Morgan fingerprint density at radius 2 is 2.33 bits per heavy atom. The van der Waals surface area contributed by atoms with Gasteiger partial charge in [0, 0.05) is 17.1 Å². The average molecular weight is 233 g/mol. The van der Waals surface area contributed by atoms with Gasteiger partial charge in [-0.25, -0.2) is 0 Å². The Hall–Kier alpha value is 0.140. The van der Waals surface area contributed by atoms with E-state index in [4.69, 9.17) is 5.73 Å². The van der Waals surface area contributed by atoms with Crippen molar-refractivity contribution in [3.63, 3.8) is 0 Å². The second-order valence-electron chi connectivity index (χ2n) is 3.43. The molecule has 0 aromatic carbocycles. The van der Waals surface area contributed by atoms with E-state index in [1.54, 1.807) is 0 Å². The van der Waals surface area contributed by atoms with Gasteiger partial charge < -0.3 is 11.1 Å². The molecule has 1 saturated carbocycles. The van der Waals surface area contributed by atoms with Gasteiger partial charge in [0.25, 0.3) is 0 Å². The molecule has 12 heavy (non-hydrogen) atoms. The zero-order chi connectivity index (χ0) is 8.97. The van der Waals surface area contributed by atoms with Gasteiger partial charge in [-0.1, -0.05) is 28.9 Å². The van der Waals surface area contributed by atoms with E-state index < -0.39 is 0 Å². The minimum absolute atomic E-state index is 0.615. The summed E-state index contributed by atoms with van der Waals surface area (Å²) in [6.07, 6.45) is 3.86. The summed E-state index contributed by atoms with van der Waals surface area (Å²) in [5.74, 6) is 0.678. The third kappa shape index (κ3) is 2.88. The lowest BCUT2D eigenvalue weighted by Gasteiger charge is -2.18. The maximum Gasteiger partial charge on any atom is 0.0268 e. The Morgan fingerprint density at radius 3 is 2.92 bits per heavy atom. The van der Waals surface area contributed by atoms with Crippen molar-refractivity contribution in [2.75, 3.05) is 13.1 Å². The van der Waals surface area contributed by atoms with E-state index in [-0.39, 0.29) is 0 Å². The maximum atomic E-state index is 5.66. The fourth-order valence-corrected chi connectivity index (χ4v) is 1.99. The molecular weight excluding hydrogens is 216 g/mol. The number of hydrogen-bond acceptors (Lipinski definition) is 2. The first kappa shape index (κ1) is 10.2. The third-order valence-corrected chi connectivity index (χ3v) is 2.80. The summed E-state index contributed by atoms with van der Waals surface area (Å²) in [6, 6.07) is 0.615. The largest absolute Gasteiger partial charge is 0.330 e. The molecule has 3 N–H and O–H groups in total. The van der Waals surface area contributed by atoms with Gasteiger partial charge in [0.15, 0.2) is 0 Å². The minimum Gasteiger partial charge on any atom is -0.330 e. The molecule has 1 rings (SSSR count). The predicted octanol–water partition coefficient (Wildman–Crippen LogP) is 1.61. The van der Waals surface area contributed by atoms with E-state index in [0.717, 1.165) is 17.6 Å². The number of nitrogens with one attached hydrogen (secondary N) is 1. The molecule has 0 aromatic heterocycles. The number of halogens is 1. The highest BCUT2D eigenvalue weighted by atomic mass is 79.9. The molecule has 2 atom stereocenters.